The van der Waals surface area contributed by atoms with Crippen LogP contribution in [0.25, 0.3) is 0 Å². The fourth-order valence-corrected chi connectivity index (χ4v) is 3.69. The van der Waals surface area contributed by atoms with Gasteiger partial charge >= 0.3 is 5.97 Å². The maximum atomic E-state index is 12.4. The summed E-state index contributed by atoms with van der Waals surface area (Å²) in [5.41, 5.74) is 1.87. The second kappa shape index (κ2) is 8.94. The molecule has 1 saturated heterocycles. The summed E-state index contributed by atoms with van der Waals surface area (Å²) in [6, 6.07) is 9.18. The van der Waals surface area contributed by atoms with Crippen LogP contribution in [0.4, 0.5) is 0 Å². The van der Waals surface area contributed by atoms with E-state index in [1.54, 1.807) is 26.4 Å². The highest BCUT2D eigenvalue weighted by Gasteiger charge is 2.37. The molecule has 1 N–H and O–H groups in total. The lowest BCUT2D eigenvalue weighted by Crippen LogP contribution is -2.20. The second-order valence-electron chi connectivity index (χ2n) is 6.94. The summed E-state index contributed by atoms with van der Waals surface area (Å²) in [5.74, 6) is 1.36. The van der Waals surface area contributed by atoms with Crippen LogP contribution in [0.3, 0.4) is 0 Å². The highest BCUT2D eigenvalue weighted by Crippen LogP contribution is 2.39. The molecule has 0 amide bonds. The molecule has 0 aliphatic carbocycles. The maximum Gasteiger partial charge on any atom is 0.309 e. The van der Waals surface area contributed by atoms with E-state index in [0.717, 1.165) is 11.1 Å². The molecule has 3 rings (SSSR count). The number of esters is 1. The third-order valence-corrected chi connectivity index (χ3v) is 5.25. The Morgan fingerprint density at radius 3 is 2.03 bits per heavy atom. The van der Waals surface area contributed by atoms with Gasteiger partial charge in [-0.1, -0.05) is 6.07 Å². The van der Waals surface area contributed by atoms with E-state index in [1.165, 1.54) is 14.2 Å². The minimum Gasteiger partial charge on any atom is -0.502 e. The molecule has 0 saturated carbocycles. The molecule has 1 aliphatic heterocycles. The Bertz CT molecular complexity index is 852. The molecule has 1 aliphatic rings. The molecule has 7 heteroatoms. The number of phenols is 1. The Hall–Kier alpha value is -3.09. The number of carbonyl (C=O) groups is 1. The van der Waals surface area contributed by atoms with Crippen LogP contribution in [0.15, 0.2) is 30.3 Å². The number of carbonyl (C=O) groups excluding carboxylic acids is 1. The summed E-state index contributed by atoms with van der Waals surface area (Å²) in [4.78, 5) is 12.4. The van der Waals surface area contributed by atoms with Gasteiger partial charge in [0.25, 0.3) is 0 Å². The predicted octanol–water partition coefficient (Wildman–Crippen LogP) is 3.00. The Morgan fingerprint density at radius 1 is 0.862 bits per heavy atom. The van der Waals surface area contributed by atoms with Gasteiger partial charge in [0.05, 0.1) is 41.0 Å². The minimum absolute atomic E-state index is 0.0198. The van der Waals surface area contributed by atoms with Gasteiger partial charge in [-0.2, -0.15) is 0 Å². The van der Waals surface area contributed by atoms with E-state index in [4.69, 9.17) is 23.7 Å². The summed E-state index contributed by atoms with van der Waals surface area (Å²) in [5, 5.41) is 10.1. The monoisotopic (exact) mass is 402 g/mol. The standard InChI is InChI=1S/C22H26O7/c1-25-17-6-5-13(9-18(17)26-2)7-15-12-29-22(24)16(15)8-14-10-19(27-3)21(23)20(11-14)28-4/h5-6,9-11,15-16,23H,7-8,12H2,1-4H3. The molecule has 2 aromatic rings. The zero-order chi connectivity index (χ0) is 21.0. The summed E-state index contributed by atoms with van der Waals surface area (Å²) < 4.78 is 26.4. The average Bonchev–Trinajstić information content (AvgIpc) is 3.08. The van der Waals surface area contributed by atoms with Crippen LogP contribution in [0, 0.1) is 11.8 Å². The van der Waals surface area contributed by atoms with E-state index in [0.29, 0.717) is 42.4 Å². The van der Waals surface area contributed by atoms with Gasteiger partial charge in [-0.05, 0) is 48.2 Å². The van der Waals surface area contributed by atoms with Gasteiger partial charge in [-0.3, -0.25) is 4.79 Å². The van der Waals surface area contributed by atoms with Gasteiger partial charge < -0.3 is 28.8 Å². The van der Waals surface area contributed by atoms with Crippen LogP contribution in [0.1, 0.15) is 11.1 Å². The third kappa shape index (κ3) is 4.34. The lowest BCUT2D eigenvalue weighted by Gasteiger charge is -2.18. The first-order chi connectivity index (χ1) is 14.0. The van der Waals surface area contributed by atoms with Gasteiger partial charge in [-0.15, -0.1) is 0 Å². The van der Waals surface area contributed by atoms with Gasteiger partial charge in [0.15, 0.2) is 23.0 Å². The molecular formula is C22H26O7. The Balaban J connectivity index is 1.81. The number of cyclic esters (lactones) is 1. The average molecular weight is 402 g/mol. The quantitative estimate of drug-likeness (QED) is 0.680. The second-order valence-corrected chi connectivity index (χ2v) is 6.94. The van der Waals surface area contributed by atoms with Crippen LogP contribution in [0.5, 0.6) is 28.7 Å². The molecule has 0 bridgehead atoms. The number of rotatable bonds is 8. The number of aromatic hydroxyl groups is 1. The lowest BCUT2D eigenvalue weighted by molar-refractivity contribution is -0.141. The highest BCUT2D eigenvalue weighted by molar-refractivity contribution is 5.75. The van der Waals surface area contributed by atoms with Crippen LogP contribution in [0.2, 0.25) is 0 Å². The number of benzene rings is 2. The molecule has 7 nitrogen and oxygen atoms in total. The molecule has 1 heterocycles. The fraction of sp³-hybridized carbons (Fsp3) is 0.409. The first kappa shape index (κ1) is 20.6. The van der Waals surface area contributed by atoms with Crippen LogP contribution in [-0.2, 0) is 22.4 Å². The highest BCUT2D eigenvalue weighted by atomic mass is 16.5. The summed E-state index contributed by atoms with van der Waals surface area (Å²) >= 11 is 0. The molecule has 2 aromatic carbocycles. The van der Waals surface area contributed by atoms with E-state index in [9.17, 15) is 9.90 Å². The van der Waals surface area contributed by atoms with E-state index < -0.39 is 0 Å². The van der Waals surface area contributed by atoms with Crippen molar-refractivity contribution < 1.29 is 33.6 Å². The number of hydrogen-bond donors (Lipinski definition) is 1. The van der Waals surface area contributed by atoms with Crippen LogP contribution >= 0.6 is 0 Å². The van der Waals surface area contributed by atoms with Gasteiger partial charge in [0, 0.05) is 5.92 Å². The Labute approximate surface area is 170 Å². The number of hydrogen-bond acceptors (Lipinski definition) is 7. The van der Waals surface area contributed by atoms with Crippen molar-refractivity contribution in [3.05, 3.63) is 41.5 Å². The Kier molecular flexibility index (Phi) is 6.36. The molecule has 2 unspecified atom stereocenters. The van der Waals surface area contributed by atoms with E-state index in [1.807, 2.05) is 18.2 Å². The van der Waals surface area contributed by atoms with E-state index >= 15 is 0 Å². The van der Waals surface area contributed by atoms with Crippen molar-refractivity contribution in [2.75, 3.05) is 35.0 Å². The van der Waals surface area contributed by atoms with Crippen molar-refractivity contribution in [1.82, 2.24) is 0 Å². The molecule has 29 heavy (non-hydrogen) atoms. The normalized spacial score (nSPS) is 18.3. The third-order valence-electron chi connectivity index (χ3n) is 5.25. The molecule has 2 atom stereocenters. The SMILES string of the molecule is COc1ccc(CC2COC(=O)C2Cc2cc(OC)c(O)c(OC)c2)cc1OC. The molecule has 0 spiro atoms. The molecule has 0 aromatic heterocycles. The molecular weight excluding hydrogens is 376 g/mol. The summed E-state index contributed by atoms with van der Waals surface area (Å²) in [6.45, 7) is 0.365. The molecule has 0 radical (unpaired) electrons. The lowest BCUT2D eigenvalue weighted by atomic mass is 9.85. The van der Waals surface area contributed by atoms with Crippen LogP contribution in [-0.4, -0.2) is 46.1 Å². The van der Waals surface area contributed by atoms with Crippen molar-refractivity contribution in [1.29, 1.82) is 0 Å². The van der Waals surface area contributed by atoms with Gasteiger partial charge in [0.2, 0.25) is 5.75 Å². The smallest absolute Gasteiger partial charge is 0.309 e. The zero-order valence-electron chi connectivity index (χ0n) is 17.1. The Morgan fingerprint density at radius 2 is 1.45 bits per heavy atom. The van der Waals surface area contributed by atoms with Crippen molar-refractivity contribution in [2.24, 2.45) is 11.8 Å². The minimum atomic E-state index is -0.304. The fourth-order valence-electron chi connectivity index (χ4n) is 3.69. The van der Waals surface area contributed by atoms with Crippen molar-refractivity contribution in [2.45, 2.75) is 12.8 Å². The first-order valence-electron chi connectivity index (χ1n) is 9.32. The van der Waals surface area contributed by atoms with Gasteiger partial charge in [-0.25, -0.2) is 0 Å². The van der Waals surface area contributed by atoms with Crippen LogP contribution < -0.4 is 18.9 Å². The molecule has 156 valence electrons. The van der Waals surface area contributed by atoms with Crippen molar-refractivity contribution >= 4 is 5.97 Å². The van der Waals surface area contributed by atoms with Gasteiger partial charge in [0.1, 0.15) is 0 Å². The zero-order valence-corrected chi connectivity index (χ0v) is 17.1. The largest absolute Gasteiger partial charge is 0.502 e. The van der Waals surface area contributed by atoms with Crippen molar-refractivity contribution in [3.8, 4) is 28.7 Å². The predicted molar refractivity (Wildman–Crippen MR) is 106 cm³/mol. The van der Waals surface area contributed by atoms with E-state index in [2.05, 4.69) is 0 Å². The maximum absolute atomic E-state index is 12.4. The molecule has 1 fully saturated rings. The number of phenolic OH excluding ortho intramolecular Hbond substituents is 1. The number of methoxy groups -OCH3 is 4. The van der Waals surface area contributed by atoms with Crippen molar-refractivity contribution in [3.63, 3.8) is 0 Å². The first-order valence-corrected chi connectivity index (χ1v) is 9.32. The van der Waals surface area contributed by atoms with E-state index in [-0.39, 0.29) is 23.6 Å². The number of ether oxygens (including phenoxy) is 5. The summed E-state index contributed by atoms with van der Waals surface area (Å²) in [6.07, 6.45) is 1.13. The summed E-state index contributed by atoms with van der Waals surface area (Å²) in [7, 11) is 6.14. The topological polar surface area (TPSA) is 83.5 Å².